The molecule has 0 fully saturated rings. The van der Waals surface area contributed by atoms with Gasteiger partial charge >= 0.3 is 0 Å². The molecule has 16 nitrogen and oxygen atoms in total. The number of hydrogen-bond acceptors (Lipinski definition) is 6. The van der Waals surface area contributed by atoms with Gasteiger partial charge in [-0.15, -0.1) is 0 Å². The van der Waals surface area contributed by atoms with Crippen LogP contribution in [0.1, 0.15) is 48.4 Å². The minimum absolute atomic E-state index is 0.0355. The van der Waals surface area contributed by atoms with E-state index in [9.17, 15) is 24.0 Å². The molecule has 17 heteroatoms. The highest BCUT2D eigenvalue weighted by Crippen LogP contribution is 2.25. The Balaban J connectivity index is 1.23. The number of halogens is 1. The smallest absolute Gasteiger partial charge is 0.273 e. The second-order valence-corrected chi connectivity index (χ2v) is 12.7. The van der Waals surface area contributed by atoms with Crippen molar-refractivity contribution in [1.29, 1.82) is 5.41 Å². The van der Waals surface area contributed by atoms with Gasteiger partial charge in [0.2, 0.25) is 0 Å². The molecule has 0 spiro atoms. The first kappa shape index (κ1) is 35.9. The average Bonchev–Trinajstić information content (AvgIpc) is 3.81. The summed E-state index contributed by atoms with van der Waals surface area (Å²) >= 11 is 3.06. The minimum Gasteiger partial charge on any atom is -0.388 e. The van der Waals surface area contributed by atoms with Gasteiger partial charge in [0.15, 0.2) is 0 Å². The molecule has 4 heterocycles. The Bertz CT molecular complexity index is 2250. The van der Waals surface area contributed by atoms with E-state index in [0.29, 0.717) is 34.3 Å². The summed E-state index contributed by atoms with van der Waals surface area (Å²) in [5.74, 6) is -1.75. The topological polar surface area (TPSA) is 215 Å². The van der Waals surface area contributed by atoms with Crippen LogP contribution in [0, 0.1) is 5.41 Å². The molecular formula is C34H36BrN11O5. The summed E-state index contributed by atoms with van der Waals surface area (Å²) in [7, 11) is 6.71. The maximum atomic E-state index is 13.3. The molecule has 0 saturated heterocycles. The molecule has 1 aromatic carbocycles. The van der Waals surface area contributed by atoms with Crippen LogP contribution >= 0.6 is 15.9 Å². The van der Waals surface area contributed by atoms with Crippen molar-refractivity contribution in [3.8, 4) is 0 Å². The molecule has 0 unspecified atom stereocenters. The molecule has 0 saturated carbocycles. The molecule has 0 aliphatic carbocycles. The third-order valence-electron chi connectivity index (χ3n) is 8.05. The molecular weight excluding hydrogens is 722 g/mol. The van der Waals surface area contributed by atoms with Crippen LogP contribution in [-0.4, -0.2) is 60.2 Å². The molecule has 0 aliphatic heterocycles. The Labute approximate surface area is 300 Å². The summed E-state index contributed by atoms with van der Waals surface area (Å²) in [6.07, 6.45) is 3.42. The highest BCUT2D eigenvalue weighted by molar-refractivity contribution is 9.12. The van der Waals surface area contributed by atoms with Gasteiger partial charge in [-0.3, -0.25) is 29.4 Å². The molecule has 0 atom stereocenters. The van der Waals surface area contributed by atoms with Crippen molar-refractivity contribution in [1.82, 2.24) is 23.6 Å². The zero-order valence-electron chi connectivity index (χ0n) is 28.2. The number of carbonyl (C=O) groups excluding carboxylic acids is 5. The summed E-state index contributed by atoms with van der Waals surface area (Å²) in [6.45, 7) is 3.77. The van der Waals surface area contributed by atoms with E-state index in [1.165, 1.54) is 16.7 Å². The Kier molecular flexibility index (Phi) is 10.3. The van der Waals surface area contributed by atoms with Crippen molar-refractivity contribution < 1.29 is 24.0 Å². The van der Waals surface area contributed by atoms with E-state index >= 15 is 0 Å². The maximum absolute atomic E-state index is 13.3. The lowest BCUT2D eigenvalue weighted by molar-refractivity contribution is -0.112. The Hall–Kier alpha value is -6.36. The number of nitrogens with one attached hydrogen (secondary N) is 6. The molecule has 5 aromatic rings. The zero-order valence-corrected chi connectivity index (χ0v) is 29.8. The second-order valence-electron chi connectivity index (χ2n) is 11.7. The number of nitrogens with zero attached hydrogens (tertiary/aromatic N) is 4. The fourth-order valence-electron chi connectivity index (χ4n) is 5.40. The normalized spacial score (nSPS) is 10.8. The van der Waals surface area contributed by atoms with Crippen molar-refractivity contribution in [3.63, 3.8) is 0 Å². The predicted octanol–water partition coefficient (Wildman–Crippen LogP) is 3.85. The van der Waals surface area contributed by atoms with Crippen molar-refractivity contribution in [3.05, 3.63) is 94.8 Å². The first-order valence-electron chi connectivity index (χ1n) is 15.4. The monoisotopic (exact) mass is 757 g/mol. The fraction of sp³-hybridized carbons (Fsp3) is 0.176. The molecule has 0 radical (unpaired) electrons. The standard InChI is InChI=1S/C34H36BrN11O5/c1-18(35)30(47)39-20-6-7-23-19(12-20)13-27(45(23)4)34(51)41-22-14-25(43(2)17-22)32(49)40-21-15-26(44(3)16-21)33(50)42-29-9-8-24(46(29)5)31(48)38-11-10-28(36)37/h6-9,12-17H,1,10-11H2,2-5H3,(H3,36,37)(H,38,48)(H,39,47)(H,40,49)(H,41,51)(H,42,50). The number of fused-ring (bicyclic) bond motifs is 1. The third-order valence-corrected chi connectivity index (χ3v) is 8.41. The van der Waals surface area contributed by atoms with Crippen LogP contribution in [0.15, 0.2) is 72.0 Å². The fourth-order valence-corrected chi connectivity index (χ4v) is 5.50. The number of amides is 5. The largest absolute Gasteiger partial charge is 0.388 e. The van der Waals surface area contributed by atoms with E-state index in [1.54, 1.807) is 90.7 Å². The molecule has 0 bridgehead atoms. The average molecular weight is 759 g/mol. The van der Waals surface area contributed by atoms with Crippen molar-refractivity contribution in [2.45, 2.75) is 6.42 Å². The summed E-state index contributed by atoms with van der Waals surface area (Å²) in [5.41, 5.74) is 8.59. The summed E-state index contributed by atoms with van der Waals surface area (Å²) < 4.78 is 6.57. The highest BCUT2D eigenvalue weighted by atomic mass is 79.9. The van der Waals surface area contributed by atoms with Crippen LogP contribution in [0.5, 0.6) is 0 Å². The number of anilines is 4. The van der Waals surface area contributed by atoms with E-state index in [1.807, 2.05) is 0 Å². The lowest BCUT2D eigenvalue weighted by atomic mass is 10.2. The van der Waals surface area contributed by atoms with Crippen molar-refractivity contribution >= 4 is 85.1 Å². The molecule has 4 aromatic heterocycles. The van der Waals surface area contributed by atoms with Crippen LogP contribution < -0.4 is 32.3 Å². The van der Waals surface area contributed by atoms with Gasteiger partial charge in [0.1, 0.15) is 28.6 Å². The van der Waals surface area contributed by atoms with E-state index < -0.39 is 17.7 Å². The van der Waals surface area contributed by atoms with Crippen LogP contribution in [-0.2, 0) is 33.0 Å². The number of rotatable bonds is 12. The van der Waals surface area contributed by atoms with E-state index in [0.717, 1.165) is 10.9 Å². The zero-order chi connectivity index (χ0) is 37.1. The number of hydrogen-bond donors (Lipinski definition) is 7. The Morgan fingerprint density at radius 1 is 0.706 bits per heavy atom. The van der Waals surface area contributed by atoms with Gasteiger partial charge in [0, 0.05) is 70.1 Å². The highest BCUT2D eigenvalue weighted by Gasteiger charge is 2.20. The molecule has 5 amide bonds. The first-order chi connectivity index (χ1) is 24.1. The maximum Gasteiger partial charge on any atom is 0.273 e. The van der Waals surface area contributed by atoms with Gasteiger partial charge in [-0.1, -0.05) is 6.58 Å². The number of benzene rings is 1. The number of carbonyl (C=O) groups is 5. The summed E-state index contributed by atoms with van der Waals surface area (Å²) in [6, 6.07) is 13.2. The number of aromatic nitrogens is 4. The molecule has 5 rings (SSSR count). The number of amidine groups is 1. The Morgan fingerprint density at radius 2 is 1.29 bits per heavy atom. The van der Waals surface area contributed by atoms with Crippen LogP contribution in [0.4, 0.5) is 22.9 Å². The predicted molar refractivity (Wildman–Crippen MR) is 199 cm³/mol. The van der Waals surface area contributed by atoms with Gasteiger partial charge in [0.05, 0.1) is 21.7 Å². The summed E-state index contributed by atoms with van der Waals surface area (Å²) in [5, 5.41) is 21.8. The van der Waals surface area contributed by atoms with Gasteiger partial charge < -0.3 is 50.6 Å². The second kappa shape index (κ2) is 14.6. The third kappa shape index (κ3) is 7.94. The Morgan fingerprint density at radius 3 is 1.88 bits per heavy atom. The van der Waals surface area contributed by atoms with Crippen molar-refractivity contribution in [2.75, 3.05) is 27.8 Å². The molecule has 8 N–H and O–H groups in total. The van der Waals surface area contributed by atoms with Gasteiger partial charge in [-0.25, -0.2) is 0 Å². The van der Waals surface area contributed by atoms with Crippen LogP contribution in [0.25, 0.3) is 10.9 Å². The first-order valence-corrected chi connectivity index (χ1v) is 16.2. The van der Waals surface area contributed by atoms with Crippen LogP contribution in [0.3, 0.4) is 0 Å². The van der Waals surface area contributed by atoms with Gasteiger partial charge in [-0.05, 0) is 64.5 Å². The lowest BCUT2D eigenvalue weighted by Crippen LogP contribution is -2.29. The minimum atomic E-state index is -0.469. The van der Waals surface area contributed by atoms with E-state index in [2.05, 4.69) is 49.1 Å². The van der Waals surface area contributed by atoms with E-state index in [4.69, 9.17) is 11.1 Å². The van der Waals surface area contributed by atoms with E-state index in [-0.39, 0.29) is 46.5 Å². The number of aryl methyl sites for hydroxylation is 3. The summed E-state index contributed by atoms with van der Waals surface area (Å²) in [4.78, 5) is 64.2. The number of nitrogens with two attached hydrogens (primary N) is 1. The SMILES string of the molecule is C=C(Br)C(=O)Nc1ccc2c(c1)cc(C(=O)Nc1cc(C(=O)Nc3cc(C(=O)Nc4ccc(C(=O)NCCC(=N)N)n4C)n(C)c3)n(C)c1)n2C. The van der Waals surface area contributed by atoms with Crippen molar-refractivity contribution in [2.24, 2.45) is 33.9 Å². The molecule has 51 heavy (non-hydrogen) atoms. The van der Waals surface area contributed by atoms with Gasteiger partial charge in [-0.2, -0.15) is 0 Å². The molecule has 0 aliphatic rings. The van der Waals surface area contributed by atoms with Crippen LogP contribution in [0.2, 0.25) is 0 Å². The quantitative estimate of drug-likeness (QED) is 0.0570. The molecule has 264 valence electrons. The van der Waals surface area contributed by atoms with Gasteiger partial charge in [0.25, 0.3) is 29.5 Å². The lowest BCUT2D eigenvalue weighted by Gasteiger charge is -2.10.